The lowest BCUT2D eigenvalue weighted by atomic mass is 10.1. The largest absolute Gasteiger partial charge is 0.358 e. The van der Waals surface area contributed by atoms with Crippen LogP contribution in [0.3, 0.4) is 0 Å². The molecule has 1 fully saturated rings. The first-order valence-corrected chi connectivity index (χ1v) is 7.73. The molecule has 19 heavy (non-hydrogen) atoms. The fraction of sp³-hybridized carbons (Fsp3) is 0.933. The molecular formula is C15H34N4. The second-order valence-electron chi connectivity index (χ2n) is 5.26. The van der Waals surface area contributed by atoms with E-state index in [0.717, 1.165) is 26.2 Å². The molecular weight excluding hydrogens is 236 g/mol. The average Bonchev–Trinajstić information content (AvgIpc) is 2.42. The Kier molecular flexibility index (Phi) is 9.88. The summed E-state index contributed by atoms with van der Waals surface area (Å²) in [5, 5.41) is 7.64. The van der Waals surface area contributed by atoms with Crippen LogP contribution < -0.4 is 0 Å². The summed E-state index contributed by atoms with van der Waals surface area (Å²) < 4.78 is 0. The summed E-state index contributed by atoms with van der Waals surface area (Å²) >= 11 is 0. The third-order valence-corrected chi connectivity index (χ3v) is 3.69. The molecule has 0 bridgehead atoms. The maximum Gasteiger partial charge on any atom is 0.0926 e. The molecule has 1 N–H and O–H groups in total. The van der Waals surface area contributed by atoms with Gasteiger partial charge in [-0.05, 0) is 40.4 Å². The fourth-order valence-corrected chi connectivity index (χ4v) is 2.47. The van der Waals surface area contributed by atoms with Gasteiger partial charge in [0, 0.05) is 32.2 Å². The standard InChI is InChI=1S/C13H28N4.C2H6/c1-5-13(6-7-15(3)4)17-10-8-16(9-11-17)12(2)14;1-2/h13-14H,5-11H2,1-4H3;1-2H3. The lowest BCUT2D eigenvalue weighted by Gasteiger charge is -2.40. The Labute approximate surface area is 120 Å². The molecule has 0 saturated carbocycles. The van der Waals surface area contributed by atoms with E-state index in [1.807, 2.05) is 20.8 Å². The normalized spacial score (nSPS) is 17.9. The van der Waals surface area contributed by atoms with Crippen LogP contribution in [0.4, 0.5) is 0 Å². The Bertz CT molecular complexity index is 232. The van der Waals surface area contributed by atoms with Crippen molar-refractivity contribution in [1.29, 1.82) is 5.41 Å². The minimum Gasteiger partial charge on any atom is -0.358 e. The summed E-state index contributed by atoms with van der Waals surface area (Å²) in [6.07, 6.45) is 2.49. The maximum absolute atomic E-state index is 7.64. The van der Waals surface area contributed by atoms with E-state index in [2.05, 4.69) is 35.7 Å². The minimum absolute atomic E-state index is 0.714. The zero-order valence-electron chi connectivity index (χ0n) is 13.9. The van der Waals surface area contributed by atoms with Crippen molar-refractivity contribution in [3.05, 3.63) is 0 Å². The maximum atomic E-state index is 7.64. The van der Waals surface area contributed by atoms with Crippen LogP contribution in [0.15, 0.2) is 0 Å². The summed E-state index contributed by atoms with van der Waals surface area (Å²) in [7, 11) is 4.28. The molecule has 0 amide bonds. The molecule has 0 aromatic rings. The lowest BCUT2D eigenvalue weighted by Crippen LogP contribution is -2.51. The first kappa shape index (κ1) is 18.4. The zero-order chi connectivity index (χ0) is 14.8. The van der Waals surface area contributed by atoms with Crippen molar-refractivity contribution in [2.24, 2.45) is 0 Å². The van der Waals surface area contributed by atoms with Crippen LogP contribution in [-0.4, -0.2) is 73.4 Å². The molecule has 1 saturated heterocycles. The summed E-state index contributed by atoms with van der Waals surface area (Å²) in [6.45, 7) is 13.6. The van der Waals surface area contributed by atoms with Crippen molar-refractivity contribution in [1.82, 2.24) is 14.7 Å². The van der Waals surface area contributed by atoms with E-state index in [1.165, 1.54) is 19.4 Å². The summed E-state index contributed by atoms with van der Waals surface area (Å²) in [5.74, 6) is 0.714. The van der Waals surface area contributed by atoms with E-state index in [1.54, 1.807) is 0 Å². The highest BCUT2D eigenvalue weighted by molar-refractivity contribution is 5.76. The molecule has 4 nitrogen and oxygen atoms in total. The van der Waals surface area contributed by atoms with E-state index in [0.29, 0.717) is 11.9 Å². The third kappa shape index (κ3) is 6.92. The monoisotopic (exact) mass is 270 g/mol. The van der Waals surface area contributed by atoms with Gasteiger partial charge in [-0.2, -0.15) is 0 Å². The van der Waals surface area contributed by atoms with Crippen molar-refractivity contribution in [3.63, 3.8) is 0 Å². The van der Waals surface area contributed by atoms with E-state index in [4.69, 9.17) is 5.41 Å². The Hall–Kier alpha value is -0.610. The highest BCUT2D eigenvalue weighted by Crippen LogP contribution is 2.12. The molecule has 0 radical (unpaired) electrons. The molecule has 1 heterocycles. The van der Waals surface area contributed by atoms with Crippen molar-refractivity contribution >= 4 is 5.84 Å². The quantitative estimate of drug-likeness (QED) is 0.615. The van der Waals surface area contributed by atoms with Crippen LogP contribution in [-0.2, 0) is 0 Å². The predicted octanol–water partition coefficient (Wildman–Crippen LogP) is 2.36. The molecule has 1 aliphatic heterocycles. The van der Waals surface area contributed by atoms with Crippen molar-refractivity contribution in [3.8, 4) is 0 Å². The number of piperazine rings is 1. The molecule has 1 atom stereocenters. The highest BCUT2D eigenvalue weighted by atomic mass is 15.3. The van der Waals surface area contributed by atoms with Crippen molar-refractivity contribution < 1.29 is 0 Å². The Morgan fingerprint density at radius 3 is 2.05 bits per heavy atom. The number of hydrogen-bond donors (Lipinski definition) is 1. The SMILES string of the molecule is CC.CCC(CCN(C)C)N1CCN(C(C)=N)CC1. The van der Waals surface area contributed by atoms with Gasteiger partial charge in [0.2, 0.25) is 0 Å². The first-order chi connectivity index (χ1) is 9.04. The van der Waals surface area contributed by atoms with Crippen molar-refractivity contribution in [2.75, 3.05) is 46.8 Å². The Morgan fingerprint density at radius 2 is 1.68 bits per heavy atom. The summed E-state index contributed by atoms with van der Waals surface area (Å²) in [5.41, 5.74) is 0. The number of nitrogens with one attached hydrogen (secondary N) is 1. The van der Waals surface area contributed by atoms with Gasteiger partial charge in [0.25, 0.3) is 0 Å². The second-order valence-corrected chi connectivity index (χ2v) is 5.26. The molecule has 114 valence electrons. The smallest absolute Gasteiger partial charge is 0.0926 e. The highest BCUT2D eigenvalue weighted by Gasteiger charge is 2.22. The van der Waals surface area contributed by atoms with Gasteiger partial charge in [-0.1, -0.05) is 20.8 Å². The van der Waals surface area contributed by atoms with E-state index >= 15 is 0 Å². The second kappa shape index (κ2) is 10.2. The van der Waals surface area contributed by atoms with Gasteiger partial charge in [-0.15, -0.1) is 0 Å². The Balaban J connectivity index is 0.00000154. The van der Waals surface area contributed by atoms with Crippen LogP contribution >= 0.6 is 0 Å². The fourth-order valence-electron chi connectivity index (χ4n) is 2.47. The van der Waals surface area contributed by atoms with Crippen LogP contribution in [0.5, 0.6) is 0 Å². The molecule has 1 unspecified atom stereocenters. The van der Waals surface area contributed by atoms with Gasteiger partial charge in [0.05, 0.1) is 5.84 Å². The number of nitrogens with zero attached hydrogens (tertiary/aromatic N) is 3. The first-order valence-electron chi connectivity index (χ1n) is 7.73. The van der Waals surface area contributed by atoms with Gasteiger partial charge < -0.3 is 9.80 Å². The predicted molar refractivity (Wildman–Crippen MR) is 85.1 cm³/mol. The van der Waals surface area contributed by atoms with Crippen LogP contribution in [0.1, 0.15) is 40.5 Å². The van der Waals surface area contributed by atoms with Crippen LogP contribution in [0, 0.1) is 5.41 Å². The molecule has 0 aromatic carbocycles. The summed E-state index contributed by atoms with van der Waals surface area (Å²) in [6, 6.07) is 0.714. The molecule has 1 aliphatic rings. The molecule has 0 spiro atoms. The zero-order valence-corrected chi connectivity index (χ0v) is 13.9. The molecule has 1 rings (SSSR count). The van der Waals surface area contributed by atoms with Crippen LogP contribution in [0.2, 0.25) is 0 Å². The molecule has 4 heteroatoms. The van der Waals surface area contributed by atoms with Crippen LogP contribution in [0.25, 0.3) is 0 Å². The number of rotatable bonds is 5. The van der Waals surface area contributed by atoms with E-state index in [9.17, 15) is 0 Å². The molecule has 0 aliphatic carbocycles. The van der Waals surface area contributed by atoms with E-state index in [-0.39, 0.29) is 0 Å². The van der Waals surface area contributed by atoms with Gasteiger partial charge in [-0.3, -0.25) is 10.3 Å². The Morgan fingerprint density at radius 1 is 1.16 bits per heavy atom. The van der Waals surface area contributed by atoms with Crippen molar-refractivity contribution in [2.45, 2.75) is 46.6 Å². The topological polar surface area (TPSA) is 33.6 Å². The molecule has 0 aromatic heterocycles. The van der Waals surface area contributed by atoms with Gasteiger partial charge >= 0.3 is 0 Å². The lowest BCUT2D eigenvalue weighted by molar-refractivity contribution is 0.117. The van der Waals surface area contributed by atoms with Gasteiger partial charge in [0.15, 0.2) is 0 Å². The van der Waals surface area contributed by atoms with Gasteiger partial charge in [-0.25, -0.2) is 0 Å². The number of hydrogen-bond acceptors (Lipinski definition) is 3. The summed E-state index contributed by atoms with van der Waals surface area (Å²) in [4.78, 5) is 7.04. The number of amidine groups is 1. The van der Waals surface area contributed by atoms with E-state index < -0.39 is 0 Å². The average molecular weight is 270 g/mol. The van der Waals surface area contributed by atoms with Gasteiger partial charge in [0.1, 0.15) is 0 Å². The third-order valence-electron chi connectivity index (χ3n) is 3.69. The minimum atomic E-state index is 0.714.